The van der Waals surface area contributed by atoms with Crippen LogP contribution in [0.2, 0.25) is 5.02 Å². The van der Waals surface area contributed by atoms with Crippen molar-refractivity contribution in [2.45, 2.75) is 38.6 Å². The number of ether oxygens (including phenoxy) is 2. The Morgan fingerprint density at radius 3 is 2.66 bits per heavy atom. The standard InChI is InChI=1S/C25H28ClFN6O2/c1-15-6-24(29-14-28-15)32-11-16-2-3-17(12-32)22(16)10-23-30-25(33(31-23)20-4-5-34-13-20)35-21-8-18(26)7-19(27)9-21/h6-9,14,16-17,20,22H,2-5,10-13H2,1H3/t16-,17+,20?,22?. The smallest absolute Gasteiger partial charge is 0.320 e. The summed E-state index contributed by atoms with van der Waals surface area (Å²) >= 11 is 6.03. The average Bonchev–Trinajstić information content (AvgIpc) is 3.52. The van der Waals surface area contributed by atoms with Crippen LogP contribution in [-0.4, -0.2) is 51.0 Å². The maximum Gasteiger partial charge on any atom is 0.320 e. The van der Waals surface area contributed by atoms with Crippen molar-refractivity contribution in [3.05, 3.63) is 53.0 Å². The van der Waals surface area contributed by atoms with Crippen LogP contribution in [0.4, 0.5) is 10.2 Å². The van der Waals surface area contributed by atoms with Crippen molar-refractivity contribution < 1.29 is 13.9 Å². The molecule has 2 saturated heterocycles. The van der Waals surface area contributed by atoms with Gasteiger partial charge in [-0.3, -0.25) is 0 Å². The summed E-state index contributed by atoms with van der Waals surface area (Å²) in [4.78, 5) is 15.9. The molecule has 8 nitrogen and oxygen atoms in total. The molecule has 1 saturated carbocycles. The highest BCUT2D eigenvalue weighted by Crippen LogP contribution is 2.44. The lowest BCUT2D eigenvalue weighted by molar-refractivity contribution is 0.182. The molecule has 3 fully saturated rings. The largest absolute Gasteiger partial charge is 0.424 e. The lowest BCUT2D eigenvalue weighted by atomic mass is 9.82. The third kappa shape index (κ3) is 4.71. The van der Waals surface area contributed by atoms with Crippen molar-refractivity contribution >= 4 is 17.4 Å². The number of benzene rings is 1. The van der Waals surface area contributed by atoms with Crippen LogP contribution in [0.5, 0.6) is 11.8 Å². The molecular weight excluding hydrogens is 471 g/mol. The highest BCUT2D eigenvalue weighted by Gasteiger charge is 2.43. The highest BCUT2D eigenvalue weighted by molar-refractivity contribution is 6.30. The number of hydrogen-bond donors (Lipinski definition) is 0. The molecule has 4 heterocycles. The molecule has 35 heavy (non-hydrogen) atoms. The topological polar surface area (TPSA) is 78.2 Å². The lowest BCUT2D eigenvalue weighted by Crippen LogP contribution is -2.43. The first-order valence-corrected chi connectivity index (χ1v) is 12.6. The van der Waals surface area contributed by atoms with Crippen molar-refractivity contribution in [2.24, 2.45) is 17.8 Å². The first-order valence-electron chi connectivity index (χ1n) is 12.2. The molecule has 3 aliphatic rings. The molecule has 4 atom stereocenters. The van der Waals surface area contributed by atoms with E-state index in [0.29, 0.717) is 42.7 Å². The highest BCUT2D eigenvalue weighted by atomic mass is 35.5. The summed E-state index contributed by atoms with van der Waals surface area (Å²) in [7, 11) is 0. The number of piperidine rings is 1. The quantitative estimate of drug-likeness (QED) is 0.490. The molecule has 1 aliphatic carbocycles. The summed E-state index contributed by atoms with van der Waals surface area (Å²) in [6.07, 6.45) is 5.70. The first kappa shape index (κ1) is 22.7. The molecular formula is C25H28ClFN6O2. The predicted octanol–water partition coefficient (Wildman–Crippen LogP) is 4.63. The van der Waals surface area contributed by atoms with Crippen molar-refractivity contribution in [3.63, 3.8) is 0 Å². The zero-order chi connectivity index (χ0) is 23.9. The van der Waals surface area contributed by atoms with Gasteiger partial charge in [-0.2, -0.15) is 10.1 Å². The Balaban J connectivity index is 1.22. The SMILES string of the molecule is Cc1cc(N2C[C@H]3CC[C@@H](C2)C3Cc2nc(Oc3cc(F)cc(Cl)c3)n(C3CCOC3)n2)ncn1. The van der Waals surface area contributed by atoms with Crippen LogP contribution in [0.3, 0.4) is 0 Å². The second kappa shape index (κ2) is 9.35. The predicted molar refractivity (Wildman–Crippen MR) is 128 cm³/mol. The zero-order valence-corrected chi connectivity index (χ0v) is 20.4. The number of aromatic nitrogens is 5. The van der Waals surface area contributed by atoms with E-state index in [1.165, 1.54) is 25.0 Å². The monoisotopic (exact) mass is 498 g/mol. The molecule has 0 radical (unpaired) electrons. The molecule has 1 aromatic carbocycles. The van der Waals surface area contributed by atoms with Gasteiger partial charge >= 0.3 is 6.01 Å². The van der Waals surface area contributed by atoms with Gasteiger partial charge in [-0.25, -0.2) is 19.0 Å². The van der Waals surface area contributed by atoms with Gasteiger partial charge in [-0.1, -0.05) is 11.6 Å². The van der Waals surface area contributed by atoms with Gasteiger partial charge in [-0.05, 0) is 56.1 Å². The Labute approximate surface area is 208 Å². The number of hydrogen-bond acceptors (Lipinski definition) is 7. The average molecular weight is 499 g/mol. The second-order valence-electron chi connectivity index (χ2n) is 9.87. The molecule has 184 valence electrons. The summed E-state index contributed by atoms with van der Waals surface area (Å²) in [6, 6.07) is 6.61. The Morgan fingerprint density at radius 2 is 1.94 bits per heavy atom. The number of halogens is 2. The Kier molecular flexibility index (Phi) is 6.06. The van der Waals surface area contributed by atoms with Crippen LogP contribution in [-0.2, 0) is 11.2 Å². The maximum absolute atomic E-state index is 13.9. The van der Waals surface area contributed by atoms with Crippen molar-refractivity contribution in [2.75, 3.05) is 31.2 Å². The third-order valence-corrected chi connectivity index (χ3v) is 7.72. The van der Waals surface area contributed by atoms with E-state index in [-0.39, 0.29) is 11.1 Å². The minimum atomic E-state index is -0.454. The first-order chi connectivity index (χ1) is 17.0. The zero-order valence-electron chi connectivity index (χ0n) is 19.6. The van der Waals surface area contributed by atoms with Gasteiger partial charge < -0.3 is 14.4 Å². The Hall–Kier alpha value is -2.78. The Morgan fingerprint density at radius 1 is 1.11 bits per heavy atom. The fourth-order valence-electron chi connectivity index (χ4n) is 5.83. The van der Waals surface area contributed by atoms with Crippen molar-refractivity contribution in [3.8, 4) is 11.8 Å². The van der Waals surface area contributed by atoms with Crippen LogP contribution in [0.25, 0.3) is 0 Å². The molecule has 2 bridgehead atoms. The van der Waals surface area contributed by atoms with E-state index in [4.69, 9.17) is 31.2 Å². The van der Waals surface area contributed by atoms with Gasteiger partial charge in [-0.15, -0.1) is 0 Å². The molecule has 2 aliphatic heterocycles. The maximum atomic E-state index is 13.9. The summed E-state index contributed by atoms with van der Waals surface area (Å²) in [6.45, 7) is 5.21. The van der Waals surface area contributed by atoms with Crippen LogP contribution in [0, 0.1) is 30.5 Å². The molecule has 0 N–H and O–H groups in total. The lowest BCUT2D eigenvalue weighted by Gasteiger charge is -2.38. The van der Waals surface area contributed by atoms with Gasteiger partial charge in [0.2, 0.25) is 0 Å². The molecule has 3 aromatic rings. The molecule has 0 amide bonds. The van der Waals surface area contributed by atoms with Gasteiger partial charge in [0.15, 0.2) is 5.82 Å². The summed E-state index contributed by atoms with van der Waals surface area (Å²) in [5.41, 5.74) is 0.988. The summed E-state index contributed by atoms with van der Waals surface area (Å²) in [5.74, 6) is 3.28. The van der Waals surface area contributed by atoms with Crippen LogP contribution in [0.1, 0.15) is 36.8 Å². The number of aryl methyl sites for hydroxylation is 1. The van der Waals surface area contributed by atoms with E-state index >= 15 is 0 Å². The van der Waals surface area contributed by atoms with E-state index in [1.807, 2.05) is 11.6 Å². The van der Waals surface area contributed by atoms with E-state index in [0.717, 1.165) is 43.3 Å². The van der Waals surface area contributed by atoms with E-state index in [2.05, 4.69) is 20.9 Å². The van der Waals surface area contributed by atoms with Crippen molar-refractivity contribution in [1.82, 2.24) is 24.7 Å². The van der Waals surface area contributed by atoms with Gasteiger partial charge in [0.05, 0.1) is 12.6 Å². The molecule has 0 spiro atoms. The van der Waals surface area contributed by atoms with Gasteiger partial charge in [0.25, 0.3) is 0 Å². The fourth-order valence-corrected chi connectivity index (χ4v) is 6.04. The molecule has 10 heteroatoms. The number of nitrogens with zero attached hydrogens (tertiary/aromatic N) is 6. The minimum absolute atomic E-state index is 0.0508. The van der Waals surface area contributed by atoms with Crippen molar-refractivity contribution in [1.29, 1.82) is 0 Å². The van der Waals surface area contributed by atoms with Crippen LogP contribution < -0.4 is 9.64 Å². The van der Waals surface area contributed by atoms with Crippen LogP contribution in [0.15, 0.2) is 30.6 Å². The minimum Gasteiger partial charge on any atom is -0.424 e. The Bertz CT molecular complexity index is 1180. The van der Waals surface area contributed by atoms with Crippen LogP contribution >= 0.6 is 11.6 Å². The summed E-state index contributed by atoms with van der Waals surface area (Å²) < 4.78 is 27.3. The van der Waals surface area contributed by atoms with Gasteiger partial charge in [0, 0.05) is 49.0 Å². The second-order valence-corrected chi connectivity index (χ2v) is 10.3. The van der Waals surface area contributed by atoms with E-state index in [1.54, 1.807) is 12.4 Å². The normalized spacial score (nSPS) is 25.9. The molecule has 2 aromatic heterocycles. The van der Waals surface area contributed by atoms with E-state index in [9.17, 15) is 4.39 Å². The fraction of sp³-hybridized carbons (Fsp3) is 0.520. The molecule has 2 unspecified atom stereocenters. The van der Waals surface area contributed by atoms with E-state index < -0.39 is 5.82 Å². The number of anilines is 1. The summed E-state index contributed by atoms with van der Waals surface area (Å²) in [5, 5.41) is 5.13. The third-order valence-electron chi connectivity index (χ3n) is 7.50. The number of fused-ring (bicyclic) bond motifs is 2. The molecule has 6 rings (SSSR count). The van der Waals surface area contributed by atoms with Gasteiger partial charge in [0.1, 0.15) is 23.7 Å². The number of rotatable bonds is 6.